The Morgan fingerprint density at radius 3 is 2.74 bits per heavy atom. The molecular weight excluding hydrogens is 403 g/mol. The predicted molar refractivity (Wildman–Crippen MR) is 95.8 cm³/mol. The second-order valence-electron chi connectivity index (χ2n) is 6.24. The smallest absolute Gasteiger partial charge is 0.282 e. The summed E-state index contributed by atoms with van der Waals surface area (Å²) in [6, 6.07) is 4.10. The van der Waals surface area contributed by atoms with Gasteiger partial charge in [-0.25, -0.2) is 18.2 Å². The number of carbonyl (C=O) groups excluding carboxylic acids is 1. The number of hydrogen-bond acceptors (Lipinski definition) is 4. The summed E-state index contributed by atoms with van der Waals surface area (Å²) < 4.78 is 40.3. The number of likely N-dealkylation sites (tertiary alicyclic amines) is 1. The number of rotatable bonds is 3. The Kier molecular flexibility index (Phi) is 4.23. The van der Waals surface area contributed by atoms with Gasteiger partial charge >= 0.3 is 0 Å². The largest absolute Gasteiger partial charge is 0.329 e. The predicted octanol–water partition coefficient (Wildman–Crippen LogP) is 3.40. The second-order valence-corrected chi connectivity index (χ2v) is 7.51. The maximum absolute atomic E-state index is 13.4. The Hall–Kier alpha value is -2.39. The molecule has 0 N–H and O–H groups in total. The first-order valence-corrected chi connectivity index (χ1v) is 9.08. The van der Waals surface area contributed by atoms with Crippen molar-refractivity contribution in [3.8, 4) is 11.1 Å². The van der Waals surface area contributed by atoms with E-state index in [0.717, 1.165) is 9.47 Å². The molecule has 1 aliphatic heterocycles. The van der Waals surface area contributed by atoms with Gasteiger partial charge in [0.1, 0.15) is 17.2 Å². The fraction of sp³-hybridized carbons (Fsp3) is 0.235. The first-order chi connectivity index (χ1) is 12.7. The lowest BCUT2D eigenvalue weighted by molar-refractivity contribution is -0.166. The van der Waals surface area contributed by atoms with Crippen molar-refractivity contribution in [3.05, 3.63) is 51.1 Å². The fourth-order valence-corrected chi connectivity index (χ4v) is 3.98. The van der Waals surface area contributed by atoms with Crippen LogP contribution in [-0.2, 0) is 11.3 Å². The Bertz CT molecular complexity index is 1120. The minimum atomic E-state index is -2.87. The first kappa shape index (κ1) is 18.0. The number of nitrogens with zero attached hydrogens (tertiary/aromatic N) is 3. The second kappa shape index (κ2) is 6.35. The molecule has 1 aliphatic rings. The monoisotopic (exact) mass is 413 g/mol. The highest BCUT2D eigenvalue weighted by molar-refractivity contribution is 7.17. The Labute approximate surface area is 159 Å². The summed E-state index contributed by atoms with van der Waals surface area (Å²) in [4.78, 5) is 30.5. The number of fused-ring (bicyclic) bond motifs is 1. The van der Waals surface area contributed by atoms with Crippen LogP contribution < -0.4 is 5.56 Å². The molecule has 1 fully saturated rings. The topological polar surface area (TPSA) is 55.2 Å². The van der Waals surface area contributed by atoms with Gasteiger partial charge in [-0.15, -0.1) is 11.3 Å². The minimum absolute atomic E-state index is 0.0787. The molecule has 0 radical (unpaired) electrons. The SMILES string of the molecule is O=C(Cn1cnc2scc(-c3ccc(F)c(Cl)c3)c2c1=O)N1CC(F)(F)C1. The van der Waals surface area contributed by atoms with E-state index >= 15 is 0 Å². The van der Waals surface area contributed by atoms with E-state index in [0.29, 0.717) is 16.0 Å². The zero-order valence-electron chi connectivity index (χ0n) is 13.6. The Morgan fingerprint density at radius 1 is 1.33 bits per heavy atom. The quantitative estimate of drug-likeness (QED) is 0.661. The number of hydrogen-bond donors (Lipinski definition) is 0. The number of thiophene rings is 1. The van der Waals surface area contributed by atoms with Gasteiger partial charge in [-0.3, -0.25) is 14.2 Å². The molecule has 1 saturated heterocycles. The summed E-state index contributed by atoms with van der Waals surface area (Å²) in [5, 5.41) is 1.89. The van der Waals surface area contributed by atoms with Crippen molar-refractivity contribution in [2.75, 3.05) is 13.1 Å². The van der Waals surface area contributed by atoms with Crippen molar-refractivity contribution in [1.82, 2.24) is 14.5 Å². The summed E-state index contributed by atoms with van der Waals surface area (Å²) in [5.41, 5.74) is 0.585. The molecular formula is C17H11ClF3N3O2S. The van der Waals surface area contributed by atoms with Gasteiger partial charge in [0.25, 0.3) is 11.5 Å². The molecule has 10 heteroatoms. The molecule has 27 heavy (non-hydrogen) atoms. The van der Waals surface area contributed by atoms with Gasteiger partial charge in [0.15, 0.2) is 0 Å². The normalized spacial score (nSPS) is 15.8. The van der Waals surface area contributed by atoms with Crippen LogP contribution >= 0.6 is 22.9 Å². The maximum Gasteiger partial charge on any atom is 0.282 e. The molecule has 1 amide bonds. The third kappa shape index (κ3) is 3.21. The van der Waals surface area contributed by atoms with Crippen LogP contribution in [0.5, 0.6) is 0 Å². The lowest BCUT2D eigenvalue weighted by Gasteiger charge is -2.38. The van der Waals surface area contributed by atoms with Crippen LogP contribution in [0.1, 0.15) is 0 Å². The minimum Gasteiger partial charge on any atom is -0.329 e. The fourth-order valence-electron chi connectivity index (χ4n) is 2.89. The van der Waals surface area contributed by atoms with E-state index in [9.17, 15) is 22.8 Å². The van der Waals surface area contributed by atoms with Crippen molar-refractivity contribution < 1.29 is 18.0 Å². The van der Waals surface area contributed by atoms with Crippen molar-refractivity contribution >= 4 is 39.1 Å². The molecule has 0 aliphatic carbocycles. The molecule has 2 aromatic heterocycles. The number of benzene rings is 1. The van der Waals surface area contributed by atoms with Crippen molar-refractivity contribution in [3.63, 3.8) is 0 Å². The highest BCUT2D eigenvalue weighted by atomic mass is 35.5. The number of amides is 1. The van der Waals surface area contributed by atoms with E-state index in [-0.39, 0.29) is 17.0 Å². The molecule has 0 unspecified atom stereocenters. The van der Waals surface area contributed by atoms with Crippen LogP contribution in [0.2, 0.25) is 5.02 Å². The maximum atomic E-state index is 13.4. The van der Waals surface area contributed by atoms with Crippen LogP contribution in [0.4, 0.5) is 13.2 Å². The number of aromatic nitrogens is 2. The molecule has 0 saturated carbocycles. The molecule has 0 atom stereocenters. The Balaban J connectivity index is 1.70. The van der Waals surface area contributed by atoms with Gasteiger partial charge in [0, 0.05) is 10.9 Å². The van der Waals surface area contributed by atoms with Gasteiger partial charge in [-0.2, -0.15) is 0 Å². The van der Waals surface area contributed by atoms with Crippen LogP contribution in [0, 0.1) is 5.82 Å². The van der Waals surface area contributed by atoms with E-state index in [2.05, 4.69) is 4.98 Å². The summed E-state index contributed by atoms with van der Waals surface area (Å²) in [6.07, 6.45) is 1.22. The molecule has 5 nitrogen and oxygen atoms in total. The van der Waals surface area contributed by atoms with Gasteiger partial charge in [-0.1, -0.05) is 17.7 Å². The lowest BCUT2D eigenvalue weighted by atomic mass is 10.1. The van der Waals surface area contributed by atoms with Crippen LogP contribution in [0.3, 0.4) is 0 Å². The zero-order valence-corrected chi connectivity index (χ0v) is 15.2. The molecule has 1 aromatic carbocycles. The standard InChI is InChI=1S/C17H11ClF3N3O2S/c18-11-3-9(1-2-12(11)19)10-5-27-15-14(10)16(26)23(8-22-15)4-13(25)24-6-17(20,21)7-24/h1-3,5,8H,4,6-7H2. The average Bonchev–Trinajstić information content (AvgIpc) is 3.02. The number of carbonyl (C=O) groups is 1. The summed E-state index contributed by atoms with van der Waals surface area (Å²) in [7, 11) is 0. The summed E-state index contributed by atoms with van der Waals surface area (Å²) in [5.74, 6) is -4.02. The van der Waals surface area contributed by atoms with E-state index < -0.39 is 36.3 Å². The number of halogens is 4. The van der Waals surface area contributed by atoms with Crippen molar-refractivity contribution in [2.45, 2.75) is 12.5 Å². The zero-order chi connectivity index (χ0) is 19.3. The first-order valence-electron chi connectivity index (χ1n) is 7.83. The van der Waals surface area contributed by atoms with Gasteiger partial charge in [-0.05, 0) is 17.7 Å². The van der Waals surface area contributed by atoms with E-state index in [4.69, 9.17) is 11.6 Å². The third-order valence-corrected chi connectivity index (χ3v) is 5.47. The van der Waals surface area contributed by atoms with Crippen molar-refractivity contribution in [1.29, 1.82) is 0 Å². The lowest BCUT2D eigenvalue weighted by Crippen LogP contribution is -2.59. The summed E-state index contributed by atoms with van der Waals surface area (Å²) >= 11 is 7.05. The summed E-state index contributed by atoms with van der Waals surface area (Å²) in [6.45, 7) is -1.67. The van der Waals surface area contributed by atoms with E-state index in [1.54, 1.807) is 5.38 Å². The van der Waals surface area contributed by atoms with Crippen LogP contribution in [0.15, 0.2) is 34.7 Å². The van der Waals surface area contributed by atoms with E-state index in [1.165, 1.54) is 35.9 Å². The third-order valence-electron chi connectivity index (χ3n) is 4.29. The molecule has 0 bridgehead atoms. The van der Waals surface area contributed by atoms with Crippen LogP contribution in [-0.4, -0.2) is 39.4 Å². The van der Waals surface area contributed by atoms with Crippen molar-refractivity contribution in [2.24, 2.45) is 0 Å². The molecule has 3 aromatic rings. The molecule has 3 heterocycles. The van der Waals surface area contributed by atoms with Crippen LogP contribution in [0.25, 0.3) is 21.3 Å². The van der Waals surface area contributed by atoms with Gasteiger partial charge in [0.05, 0.1) is 29.8 Å². The average molecular weight is 414 g/mol. The highest BCUT2D eigenvalue weighted by Gasteiger charge is 2.46. The number of alkyl halides is 2. The molecule has 0 spiro atoms. The van der Waals surface area contributed by atoms with Gasteiger partial charge < -0.3 is 4.90 Å². The Morgan fingerprint density at radius 2 is 2.07 bits per heavy atom. The molecule has 140 valence electrons. The van der Waals surface area contributed by atoms with E-state index in [1.807, 2.05) is 0 Å². The van der Waals surface area contributed by atoms with Gasteiger partial charge in [0.2, 0.25) is 5.91 Å². The highest BCUT2D eigenvalue weighted by Crippen LogP contribution is 2.32. The molecule has 4 rings (SSSR count).